The molecule has 0 aliphatic carbocycles. The van der Waals surface area contributed by atoms with Gasteiger partial charge in [0.05, 0.1) is 12.0 Å². The van der Waals surface area contributed by atoms with Gasteiger partial charge in [-0.1, -0.05) is 6.92 Å². The third-order valence-electron chi connectivity index (χ3n) is 1.27. The number of hydrogen-bond acceptors (Lipinski definition) is 1. The van der Waals surface area contributed by atoms with E-state index in [1.54, 1.807) is 0 Å². The molecule has 0 aliphatic heterocycles. The molecule has 9 heavy (non-hydrogen) atoms. The zero-order chi connectivity index (χ0) is 6.85. The third-order valence-corrected chi connectivity index (χ3v) is 2.29. The molecular weight excluding hydrogens is 180 g/mol. The van der Waals surface area contributed by atoms with Crippen LogP contribution < -0.4 is 0 Å². The molecule has 0 saturated heterocycles. The first-order valence-electron chi connectivity index (χ1n) is 2.91. The van der Waals surface area contributed by atoms with Gasteiger partial charge in [0.1, 0.15) is 4.60 Å². The van der Waals surface area contributed by atoms with Crippen molar-refractivity contribution in [2.24, 2.45) is 7.05 Å². The Morgan fingerprint density at radius 2 is 2.44 bits per heavy atom. The maximum absolute atomic E-state index is 4.15. The molecule has 0 fully saturated rings. The smallest absolute Gasteiger partial charge is 0.107 e. The highest BCUT2D eigenvalue weighted by molar-refractivity contribution is 9.10. The van der Waals surface area contributed by atoms with Crippen LogP contribution in [0.3, 0.4) is 0 Å². The average Bonchev–Trinajstić information content (AvgIpc) is 2.15. The van der Waals surface area contributed by atoms with E-state index in [0.717, 1.165) is 16.7 Å². The SMILES string of the molecule is CCc1ncn(C)c1Br. The number of aryl methyl sites for hydroxylation is 2. The quantitative estimate of drug-likeness (QED) is 0.657. The summed E-state index contributed by atoms with van der Waals surface area (Å²) in [5.74, 6) is 0. The van der Waals surface area contributed by atoms with Gasteiger partial charge in [-0.3, -0.25) is 0 Å². The van der Waals surface area contributed by atoms with Gasteiger partial charge in [0.2, 0.25) is 0 Å². The number of aromatic nitrogens is 2. The summed E-state index contributed by atoms with van der Waals surface area (Å²) in [4.78, 5) is 4.15. The van der Waals surface area contributed by atoms with Crippen molar-refractivity contribution < 1.29 is 0 Å². The Morgan fingerprint density at radius 3 is 2.67 bits per heavy atom. The molecule has 0 spiro atoms. The number of hydrogen-bond donors (Lipinski definition) is 0. The molecule has 0 aliphatic rings. The van der Waals surface area contributed by atoms with Crippen molar-refractivity contribution in [2.75, 3.05) is 0 Å². The maximum Gasteiger partial charge on any atom is 0.107 e. The van der Waals surface area contributed by atoms with Crippen LogP contribution >= 0.6 is 15.9 Å². The minimum absolute atomic E-state index is 0.988. The second-order valence-corrected chi connectivity index (χ2v) is 2.70. The van der Waals surface area contributed by atoms with Gasteiger partial charge in [0, 0.05) is 7.05 Å². The molecule has 3 heteroatoms. The molecule has 0 amide bonds. The molecule has 0 N–H and O–H groups in total. The van der Waals surface area contributed by atoms with E-state index in [1.807, 2.05) is 17.9 Å². The summed E-state index contributed by atoms with van der Waals surface area (Å²) >= 11 is 3.41. The Labute approximate surface area is 63.0 Å². The van der Waals surface area contributed by atoms with Gasteiger partial charge < -0.3 is 4.57 Å². The van der Waals surface area contributed by atoms with Crippen LogP contribution in [0.5, 0.6) is 0 Å². The fraction of sp³-hybridized carbons (Fsp3) is 0.500. The lowest BCUT2D eigenvalue weighted by Gasteiger charge is -1.91. The third kappa shape index (κ3) is 1.15. The van der Waals surface area contributed by atoms with E-state index in [9.17, 15) is 0 Å². The second kappa shape index (κ2) is 2.52. The summed E-state index contributed by atoms with van der Waals surface area (Å²) in [6.45, 7) is 2.09. The number of halogens is 1. The fourth-order valence-electron chi connectivity index (χ4n) is 0.701. The van der Waals surface area contributed by atoms with Crippen LogP contribution in [0.4, 0.5) is 0 Å². The summed E-state index contributed by atoms with van der Waals surface area (Å²) in [5, 5.41) is 0. The van der Waals surface area contributed by atoms with Crippen LogP contribution in [-0.4, -0.2) is 9.55 Å². The molecule has 50 valence electrons. The number of nitrogens with zero attached hydrogens (tertiary/aromatic N) is 2. The average molecular weight is 189 g/mol. The monoisotopic (exact) mass is 188 g/mol. The van der Waals surface area contributed by atoms with Gasteiger partial charge in [-0.25, -0.2) is 4.98 Å². The van der Waals surface area contributed by atoms with Crippen LogP contribution in [0.15, 0.2) is 10.9 Å². The Kier molecular flexibility index (Phi) is 1.90. The van der Waals surface area contributed by atoms with E-state index in [2.05, 4.69) is 27.8 Å². The van der Waals surface area contributed by atoms with Crippen molar-refractivity contribution in [3.05, 3.63) is 16.6 Å². The largest absolute Gasteiger partial charge is 0.328 e. The van der Waals surface area contributed by atoms with Crippen LogP contribution in [0.25, 0.3) is 0 Å². The van der Waals surface area contributed by atoms with Crippen molar-refractivity contribution in [2.45, 2.75) is 13.3 Å². The van der Waals surface area contributed by atoms with E-state index in [1.165, 1.54) is 0 Å². The molecule has 0 unspecified atom stereocenters. The summed E-state index contributed by atoms with van der Waals surface area (Å²) < 4.78 is 3.05. The first-order chi connectivity index (χ1) is 4.25. The first kappa shape index (κ1) is 6.81. The zero-order valence-corrected chi connectivity index (χ0v) is 7.14. The molecule has 0 bridgehead atoms. The Hall–Kier alpha value is -0.310. The molecule has 0 saturated carbocycles. The first-order valence-corrected chi connectivity index (χ1v) is 3.70. The summed E-state index contributed by atoms with van der Waals surface area (Å²) in [5.41, 5.74) is 1.12. The zero-order valence-electron chi connectivity index (χ0n) is 5.56. The van der Waals surface area contributed by atoms with E-state index in [4.69, 9.17) is 0 Å². The summed E-state index contributed by atoms with van der Waals surface area (Å²) in [6, 6.07) is 0. The van der Waals surface area contributed by atoms with Gasteiger partial charge in [0.25, 0.3) is 0 Å². The maximum atomic E-state index is 4.15. The highest BCUT2D eigenvalue weighted by Crippen LogP contribution is 2.13. The molecule has 1 rings (SSSR count). The molecular formula is C6H9BrN2. The lowest BCUT2D eigenvalue weighted by molar-refractivity contribution is 0.886. The minimum atomic E-state index is 0.988. The molecule has 1 aromatic heterocycles. The molecule has 0 atom stereocenters. The van der Waals surface area contributed by atoms with Gasteiger partial charge in [-0.05, 0) is 22.4 Å². The van der Waals surface area contributed by atoms with Crippen LogP contribution in [0.2, 0.25) is 0 Å². The van der Waals surface area contributed by atoms with E-state index < -0.39 is 0 Å². The Balaban J connectivity index is 3.04. The van der Waals surface area contributed by atoms with Crippen molar-refractivity contribution >= 4 is 15.9 Å². The van der Waals surface area contributed by atoms with Gasteiger partial charge in [-0.15, -0.1) is 0 Å². The van der Waals surface area contributed by atoms with Gasteiger partial charge in [0.15, 0.2) is 0 Å². The predicted octanol–water partition coefficient (Wildman–Crippen LogP) is 1.74. The fourth-order valence-corrected chi connectivity index (χ4v) is 1.18. The van der Waals surface area contributed by atoms with Crippen LogP contribution in [0, 0.1) is 0 Å². The minimum Gasteiger partial charge on any atom is -0.328 e. The molecule has 1 heterocycles. The van der Waals surface area contributed by atoms with E-state index in [-0.39, 0.29) is 0 Å². The van der Waals surface area contributed by atoms with Crippen molar-refractivity contribution in [1.82, 2.24) is 9.55 Å². The van der Waals surface area contributed by atoms with Crippen molar-refractivity contribution in [3.8, 4) is 0 Å². The van der Waals surface area contributed by atoms with Crippen molar-refractivity contribution in [1.29, 1.82) is 0 Å². The summed E-state index contributed by atoms with van der Waals surface area (Å²) in [6.07, 6.45) is 2.80. The van der Waals surface area contributed by atoms with Crippen molar-refractivity contribution in [3.63, 3.8) is 0 Å². The van der Waals surface area contributed by atoms with Crippen LogP contribution in [-0.2, 0) is 13.5 Å². The standard InChI is InChI=1S/C6H9BrN2/c1-3-5-6(7)9(2)4-8-5/h4H,3H2,1-2H3. The Bertz CT molecular complexity index is 205. The highest BCUT2D eigenvalue weighted by atomic mass is 79.9. The van der Waals surface area contributed by atoms with Gasteiger partial charge >= 0.3 is 0 Å². The van der Waals surface area contributed by atoms with Crippen LogP contribution in [0.1, 0.15) is 12.6 Å². The topological polar surface area (TPSA) is 17.8 Å². The lowest BCUT2D eigenvalue weighted by Crippen LogP contribution is -1.85. The normalized spacial score (nSPS) is 10.1. The molecule has 1 aromatic rings. The van der Waals surface area contributed by atoms with E-state index >= 15 is 0 Å². The highest BCUT2D eigenvalue weighted by Gasteiger charge is 2.00. The molecule has 0 radical (unpaired) electrons. The number of imidazole rings is 1. The van der Waals surface area contributed by atoms with Gasteiger partial charge in [-0.2, -0.15) is 0 Å². The lowest BCUT2D eigenvalue weighted by atomic mass is 10.4. The summed E-state index contributed by atoms with van der Waals surface area (Å²) in [7, 11) is 1.97. The molecule has 2 nitrogen and oxygen atoms in total. The molecule has 0 aromatic carbocycles. The number of rotatable bonds is 1. The second-order valence-electron chi connectivity index (χ2n) is 1.95. The van der Waals surface area contributed by atoms with E-state index in [0.29, 0.717) is 0 Å². The predicted molar refractivity (Wildman–Crippen MR) is 40.3 cm³/mol. The Morgan fingerprint density at radius 1 is 1.78 bits per heavy atom.